The van der Waals surface area contributed by atoms with Gasteiger partial charge in [0.2, 0.25) is 0 Å². The summed E-state index contributed by atoms with van der Waals surface area (Å²) in [5.74, 6) is 0.584. The number of nitrogens with zero attached hydrogens (tertiary/aromatic N) is 2. The van der Waals surface area contributed by atoms with Crippen molar-refractivity contribution in [2.24, 2.45) is 0 Å². The van der Waals surface area contributed by atoms with Gasteiger partial charge in [-0.3, -0.25) is 0 Å². The van der Waals surface area contributed by atoms with E-state index < -0.39 is 0 Å². The van der Waals surface area contributed by atoms with Crippen LogP contribution < -0.4 is 5.32 Å². The molecule has 0 spiro atoms. The van der Waals surface area contributed by atoms with Gasteiger partial charge in [0.25, 0.3) is 0 Å². The van der Waals surface area contributed by atoms with Gasteiger partial charge in [-0.15, -0.1) is 0 Å². The monoisotopic (exact) mass is 303 g/mol. The fraction of sp³-hybridized carbons (Fsp3) is 0.0667. The summed E-state index contributed by atoms with van der Waals surface area (Å²) in [4.78, 5) is 9.02. The second kappa shape index (κ2) is 5.27. The Bertz CT molecular complexity index is 787. The number of hydrogen-bond acceptors (Lipinski definition) is 3. The molecule has 0 bridgehead atoms. The molecule has 0 fully saturated rings. The molecule has 0 aliphatic rings. The van der Waals surface area contributed by atoms with Crippen LogP contribution in [0.1, 0.15) is 0 Å². The summed E-state index contributed by atoms with van der Waals surface area (Å²) in [6.07, 6.45) is 0. The molecule has 5 heteroatoms. The standard InChI is InChI=1S/C15H11Cl2N3/c1-18-15-11(17)8-10(16)14(20-15)13-7-6-9-4-2-3-5-12(9)19-13/h2-8H,1H3,(H,18,20). The summed E-state index contributed by atoms with van der Waals surface area (Å²) < 4.78 is 0. The Morgan fingerprint density at radius 1 is 0.950 bits per heavy atom. The van der Waals surface area contributed by atoms with Crippen molar-refractivity contribution in [2.45, 2.75) is 0 Å². The Hall–Kier alpha value is -1.84. The zero-order valence-corrected chi connectivity index (χ0v) is 12.2. The highest BCUT2D eigenvalue weighted by Gasteiger charge is 2.12. The van der Waals surface area contributed by atoms with Crippen molar-refractivity contribution in [3.05, 3.63) is 52.5 Å². The highest BCUT2D eigenvalue weighted by Crippen LogP contribution is 2.32. The first-order valence-corrected chi connectivity index (χ1v) is 6.84. The normalized spacial score (nSPS) is 10.8. The van der Waals surface area contributed by atoms with Gasteiger partial charge in [0, 0.05) is 12.4 Å². The summed E-state index contributed by atoms with van der Waals surface area (Å²) in [5.41, 5.74) is 2.25. The Morgan fingerprint density at radius 3 is 2.55 bits per heavy atom. The average molecular weight is 304 g/mol. The maximum absolute atomic E-state index is 6.23. The van der Waals surface area contributed by atoms with Crippen LogP contribution in [-0.4, -0.2) is 17.0 Å². The van der Waals surface area contributed by atoms with E-state index in [2.05, 4.69) is 15.3 Å². The van der Waals surface area contributed by atoms with Gasteiger partial charge >= 0.3 is 0 Å². The minimum Gasteiger partial charge on any atom is -0.372 e. The number of rotatable bonds is 2. The molecule has 100 valence electrons. The van der Waals surface area contributed by atoms with E-state index in [0.29, 0.717) is 21.6 Å². The lowest BCUT2D eigenvalue weighted by molar-refractivity contribution is 1.25. The van der Waals surface area contributed by atoms with E-state index in [1.807, 2.05) is 36.4 Å². The van der Waals surface area contributed by atoms with Crippen LogP contribution in [0.3, 0.4) is 0 Å². The number of aromatic nitrogens is 2. The third-order valence-electron chi connectivity index (χ3n) is 3.01. The highest BCUT2D eigenvalue weighted by molar-refractivity contribution is 6.37. The topological polar surface area (TPSA) is 37.8 Å². The number of hydrogen-bond donors (Lipinski definition) is 1. The largest absolute Gasteiger partial charge is 0.372 e. The fourth-order valence-electron chi connectivity index (χ4n) is 2.02. The highest BCUT2D eigenvalue weighted by atomic mass is 35.5. The van der Waals surface area contributed by atoms with Gasteiger partial charge in [-0.25, -0.2) is 9.97 Å². The molecule has 2 aromatic heterocycles. The Morgan fingerprint density at radius 2 is 1.75 bits per heavy atom. The van der Waals surface area contributed by atoms with E-state index in [0.717, 1.165) is 16.6 Å². The number of pyridine rings is 2. The molecular weight excluding hydrogens is 293 g/mol. The summed E-state index contributed by atoms with van der Waals surface area (Å²) in [5, 5.41) is 4.99. The second-order valence-corrected chi connectivity index (χ2v) is 5.10. The Balaban J connectivity index is 2.19. The van der Waals surface area contributed by atoms with Gasteiger partial charge < -0.3 is 5.32 Å². The summed E-state index contributed by atoms with van der Waals surface area (Å²) in [6.45, 7) is 0. The quantitative estimate of drug-likeness (QED) is 0.749. The molecule has 1 N–H and O–H groups in total. The molecule has 3 aromatic rings. The van der Waals surface area contributed by atoms with Crippen molar-refractivity contribution < 1.29 is 0 Å². The van der Waals surface area contributed by atoms with Crippen molar-refractivity contribution in [3.8, 4) is 11.4 Å². The zero-order chi connectivity index (χ0) is 14.1. The lowest BCUT2D eigenvalue weighted by Crippen LogP contribution is -1.97. The number of nitrogens with one attached hydrogen (secondary N) is 1. The third-order valence-corrected chi connectivity index (χ3v) is 3.58. The molecule has 20 heavy (non-hydrogen) atoms. The first-order valence-electron chi connectivity index (χ1n) is 6.09. The van der Waals surface area contributed by atoms with Crippen molar-refractivity contribution in [1.82, 2.24) is 9.97 Å². The molecule has 2 heterocycles. The lowest BCUT2D eigenvalue weighted by atomic mass is 10.1. The van der Waals surface area contributed by atoms with Crippen molar-refractivity contribution >= 4 is 39.9 Å². The molecule has 0 unspecified atom stereocenters. The molecule has 1 aromatic carbocycles. The van der Waals surface area contributed by atoms with E-state index in [1.165, 1.54) is 0 Å². The fourth-order valence-corrected chi connectivity index (χ4v) is 2.57. The Labute approximate surface area is 126 Å². The predicted molar refractivity (Wildman–Crippen MR) is 84.5 cm³/mol. The zero-order valence-electron chi connectivity index (χ0n) is 10.7. The van der Waals surface area contributed by atoms with Gasteiger partial charge in [0.1, 0.15) is 11.5 Å². The number of para-hydroxylation sites is 1. The predicted octanol–water partition coefficient (Wildman–Crippen LogP) is 4.65. The molecule has 0 aliphatic heterocycles. The molecule has 0 atom stereocenters. The van der Waals surface area contributed by atoms with Crippen molar-refractivity contribution in [3.63, 3.8) is 0 Å². The third kappa shape index (κ3) is 2.30. The molecule has 3 rings (SSSR count). The Kier molecular flexibility index (Phi) is 3.47. The molecule has 0 saturated carbocycles. The van der Waals surface area contributed by atoms with E-state index >= 15 is 0 Å². The SMILES string of the molecule is CNc1nc(-c2ccc3ccccc3n2)c(Cl)cc1Cl. The first-order chi connectivity index (χ1) is 9.69. The van der Waals surface area contributed by atoms with Crippen LogP contribution in [-0.2, 0) is 0 Å². The van der Waals surface area contributed by atoms with E-state index in [1.54, 1.807) is 13.1 Å². The lowest BCUT2D eigenvalue weighted by Gasteiger charge is -2.08. The first kappa shape index (κ1) is 13.2. The summed E-state index contributed by atoms with van der Waals surface area (Å²) in [7, 11) is 1.76. The van der Waals surface area contributed by atoms with Gasteiger partial charge in [-0.2, -0.15) is 0 Å². The van der Waals surface area contributed by atoms with Gasteiger partial charge in [-0.1, -0.05) is 47.5 Å². The molecule has 0 radical (unpaired) electrons. The molecule has 3 nitrogen and oxygen atoms in total. The minimum absolute atomic E-state index is 0.483. The molecule has 0 aliphatic carbocycles. The van der Waals surface area contributed by atoms with Crippen LogP contribution in [0.25, 0.3) is 22.3 Å². The number of anilines is 1. The molecular formula is C15H11Cl2N3. The van der Waals surface area contributed by atoms with E-state index in [-0.39, 0.29) is 0 Å². The van der Waals surface area contributed by atoms with Crippen LogP contribution in [0.2, 0.25) is 10.0 Å². The van der Waals surface area contributed by atoms with Crippen molar-refractivity contribution in [1.29, 1.82) is 0 Å². The average Bonchev–Trinajstić information content (AvgIpc) is 2.47. The maximum Gasteiger partial charge on any atom is 0.145 e. The van der Waals surface area contributed by atoms with Crippen LogP contribution in [0.15, 0.2) is 42.5 Å². The van der Waals surface area contributed by atoms with E-state index in [4.69, 9.17) is 23.2 Å². The number of halogens is 2. The van der Waals surface area contributed by atoms with Gasteiger partial charge in [0.15, 0.2) is 0 Å². The molecule has 0 saturated heterocycles. The van der Waals surface area contributed by atoms with Crippen LogP contribution in [0, 0.1) is 0 Å². The number of benzene rings is 1. The minimum atomic E-state index is 0.483. The van der Waals surface area contributed by atoms with E-state index in [9.17, 15) is 0 Å². The van der Waals surface area contributed by atoms with Gasteiger partial charge in [-0.05, 0) is 18.2 Å². The summed E-state index contributed by atoms with van der Waals surface area (Å²) in [6, 6.07) is 13.5. The summed E-state index contributed by atoms with van der Waals surface area (Å²) >= 11 is 12.3. The van der Waals surface area contributed by atoms with Crippen molar-refractivity contribution in [2.75, 3.05) is 12.4 Å². The van der Waals surface area contributed by atoms with Gasteiger partial charge in [0.05, 0.1) is 21.3 Å². The number of fused-ring (bicyclic) bond motifs is 1. The maximum atomic E-state index is 6.23. The van der Waals surface area contributed by atoms with Crippen LogP contribution in [0.5, 0.6) is 0 Å². The van der Waals surface area contributed by atoms with Crippen LogP contribution >= 0.6 is 23.2 Å². The molecule has 0 amide bonds. The van der Waals surface area contributed by atoms with Crippen LogP contribution in [0.4, 0.5) is 5.82 Å². The second-order valence-electron chi connectivity index (χ2n) is 4.29. The smallest absolute Gasteiger partial charge is 0.145 e.